The summed E-state index contributed by atoms with van der Waals surface area (Å²) in [6, 6.07) is 0. The van der Waals surface area contributed by atoms with Crippen LogP contribution in [0.5, 0.6) is 0 Å². The van der Waals surface area contributed by atoms with Gasteiger partial charge in [-0.05, 0) is 48.9 Å². The van der Waals surface area contributed by atoms with Crippen molar-refractivity contribution in [2.75, 3.05) is 0 Å². The van der Waals surface area contributed by atoms with Gasteiger partial charge in [0.1, 0.15) is 4.83 Å². The molecular weight excluding hydrogens is 288 g/mol. The van der Waals surface area contributed by atoms with Crippen LogP contribution in [0.3, 0.4) is 0 Å². The summed E-state index contributed by atoms with van der Waals surface area (Å²) in [5.41, 5.74) is 1.38. The van der Waals surface area contributed by atoms with Gasteiger partial charge < -0.3 is 4.98 Å². The summed E-state index contributed by atoms with van der Waals surface area (Å²) in [6.45, 7) is 7.18. The fraction of sp³-hybridized carbons (Fsp3) is 0.600. The summed E-state index contributed by atoms with van der Waals surface area (Å²) < 4.78 is 2.29. The Morgan fingerprint density at radius 3 is 2.95 bits per heavy atom. The summed E-state index contributed by atoms with van der Waals surface area (Å²) in [6.07, 6.45) is 3.30. The van der Waals surface area contributed by atoms with E-state index in [4.69, 9.17) is 12.2 Å². The molecule has 0 bridgehead atoms. The van der Waals surface area contributed by atoms with E-state index in [1.807, 2.05) is 0 Å². The number of aromatic amines is 1. The molecule has 0 aliphatic heterocycles. The first-order valence-electron chi connectivity index (χ1n) is 7.24. The molecule has 1 aliphatic carbocycles. The summed E-state index contributed by atoms with van der Waals surface area (Å²) in [7, 11) is 0. The predicted molar refractivity (Wildman–Crippen MR) is 87.3 cm³/mol. The van der Waals surface area contributed by atoms with Crippen molar-refractivity contribution in [3.63, 3.8) is 0 Å². The standard InChI is InChI=1S/C15H20N2OS2/c1-8(2)7-17-14(18)12-10-5-4-9(3)6-11(10)20-13(12)16-15(17)19/h8-9H,4-7H2,1-3H3,(H,16,19)/t9-/m0/s1. The van der Waals surface area contributed by atoms with Crippen LogP contribution in [-0.4, -0.2) is 9.55 Å². The summed E-state index contributed by atoms with van der Waals surface area (Å²) in [5.74, 6) is 1.13. The Labute approximate surface area is 127 Å². The van der Waals surface area contributed by atoms with Gasteiger partial charge in [0.15, 0.2) is 4.77 Å². The summed E-state index contributed by atoms with van der Waals surface area (Å²) in [5, 5.41) is 0.895. The first-order chi connectivity index (χ1) is 9.47. The monoisotopic (exact) mass is 308 g/mol. The Balaban J connectivity index is 2.26. The molecule has 2 heterocycles. The molecule has 5 heteroatoms. The van der Waals surface area contributed by atoms with Gasteiger partial charge in [-0.15, -0.1) is 11.3 Å². The highest BCUT2D eigenvalue weighted by Gasteiger charge is 2.23. The predicted octanol–water partition coefficient (Wildman–Crippen LogP) is 3.90. The molecular formula is C15H20N2OS2. The number of fused-ring (bicyclic) bond motifs is 3. The van der Waals surface area contributed by atoms with Crippen molar-refractivity contribution in [2.24, 2.45) is 11.8 Å². The van der Waals surface area contributed by atoms with Crippen LogP contribution in [0.4, 0.5) is 0 Å². The third kappa shape index (κ3) is 2.27. The zero-order valence-electron chi connectivity index (χ0n) is 12.2. The van der Waals surface area contributed by atoms with Gasteiger partial charge in [0.2, 0.25) is 0 Å². The SMILES string of the molecule is CC(C)Cn1c(=S)[nH]c2sc3c(c2c1=O)CC[C@H](C)C3. The largest absolute Gasteiger partial charge is 0.323 e. The molecule has 0 saturated heterocycles. The fourth-order valence-corrected chi connectivity index (χ4v) is 4.71. The first kappa shape index (κ1) is 14.0. The zero-order valence-corrected chi connectivity index (χ0v) is 13.8. The number of rotatable bonds is 2. The molecule has 0 aromatic carbocycles. The highest BCUT2D eigenvalue weighted by atomic mass is 32.1. The second-order valence-corrected chi connectivity index (χ2v) is 7.79. The number of H-pyrrole nitrogens is 1. The van der Waals surface area contributed by atoms with Crippen molar-refractivity contribution >= 4 is 33.8 Å². The summed E-state index contributed by atoms with van der Waals surface area (Å²) in [4.78, 5) is 18.4. The highest BCUT2D eigenvalue weighted by Crippen LogP contribution is 2.35. The molecule has 0 radical (unpaired) electrons. The van der Waals surface area contributed by atoms with E-state index in [2.05, 4.69) is 25.8 Å². The van der Waals surface area contributed by atoms with Crippen molar-refractivity contribution in [2.45, 2.75) is 46.6 Å². The zero-order chi connectivity index (χ0) is 14.4. The van der Waals surface area contributed by atoms with E-state index in [9.17, 15) is 4.79 Å². The molecule has 0 saturated carbocycles. The topological polar surface area (TPSA) is 37.8 Å². The van der Waals surface area contributed by atoms with Crippen molar-refractivity contribution < 1.29 is 0 Å². The van der Waals surface area contributed by atoms with Gasteiger partial charge in [-0.1, -0.05) is 20.8 Å². The van der Waals surface area contributed by atoms with E-state index in [0.717, 1.165) is 29.0 Å². The van der Waals surface area contributed by atoms with Crippen molar-refractivity contribution in [3.8, 4) is 0 Å². The minimum Gasteiger partial charge on any atom is -0.323 e. The van der Waals surface area contributed by atoms with E-state index in [0.29, 0.717) is 17.2 Å². The number of nitrogens with one attached hydrogen (secondary N) is 1. The minimum absolute atomic E-state index is 0.101. The lowest BCUT2D eigenvalue weighted by Gasteiger charge is -2.17. The number of aryl methyl sites for hydroxylation is 1. The summed E-state index contributed by atoms with van der Waals surface area (Å²) >= 11 is 7.09. The van der Waals surface area contributed by atoms with Gasteiger partial charge in [0.25, 0.3) is 5.56 Å². The fourth-order valence-electron chi connectivity index (χ4n) is 2.99. The second-order valence-electron chi connectivity index (χ2n) is 6.30. The molecule has 2 aromatic heterocycles. The van der Waals surface area contributed by atoms with Gasteiger partial charge >= 0.3 is 0 Å². The van der Waals surface area contributed by atoms with Crippen LogP contribution in [0, 0.1) is 16.6 Å². The maximum absolute atomic E-state index is 12.8. The molecule has 0 amide bonds. The normalized spacial score (nSPS) is 18.7. The third-order valence-electron chi connectivity index (χ3n) is 3.98. The molecule has 1 N–H and O–H groups in total. The van der Waals surface area contributed by atoms with E-state index in [-0.39, 0.29) is 5.56 Å². The van der Waals surface area contributed by atoms with Gasteiger partial charge in [0, 0.05) is 11.4 Å². The van der Waals surface area contributed by atoms with Gasteiger partial charge in [0.05, 0.1) is 5.39 Å². The van der Waals surface area contributed by atoms with Gasteiger partial charge in [-0.25, -0.2) is 0 Å². The second kappa shape index (κ2) is 5.11. The van der Waals surface area contributed by atoms with Crippen LogP contribution in [0.1, 0.15) is 37.6 Å². The number of thiophene rings is 1. The lowest BCUT2D eigenvalue weighted by atomic mass is 9.89. The number of aromatic nitrogens is 2. The third-order valence-corrected chi connectivity index (χ3v) is 5.48. The Morgan fingerprint density at radius 2 is 2.25 bits per heavy atom. The van der Waals surface area contributed by atoms with E-state index in [1.54, 1.807) is 15.9 Å². The van der Waals surface area contributed by atoms with Crippen molar-refractivity contribution in [1.29, 1.82) is 0 Å². The maximum atomic E-state index is 12.8. The van der Waals surface area contributed by atoms with Crippen molar-refractivity contribution in [1.82, 2.24) is 9.55 Å². The number of nitrogens with zero attached hydrogens (tertiary/aromatic N) is 1. The molecule has 3 rings (SSSR count). The molecule has 1 atom stereocenters. The van der Waals surface area contributed by atoms with Crippen LogP contribution in [-0.2, 0) is 19.4 Å². The van der Waals surface area contributed by atoms with Crippen LogP contribution >= 0.6 is 23.6 Å². The van der Waals surface area contributed by atoms with Crippen molar-refractivity contribution in [3.05, 3.63) is 25.6 Å². The van der Waals surface area contributed by atoms with Gasteiger partial charge in [-0.2, -0.15) is 0 Å². The molecule has 108 valence electrons. The highest BCUT2D eigenvalue weighted by molar-refractivity contribution is 7.71. The van der Waals surface area contributed by atoms with E-state index >= 15 is 0 Å². The van der Waals surface area contributed by atoms with Crippen LogP contribution in [0.2, 0.25) is 0 Å². The lowest BCUT2D eigenvalue weighted by Crippen LogP contribution is -2.25. The molecule has 3 nitrogen and oxygen atoms in total. The van der Waals surface area contributed by atoms with Crippen LogP contribution in [0.15, 0.2) is 4.79 Å². The van der Waals surface area contributed by atoms with E-state index in [1.165, 1.54) is 16.9 Å². The smallest absolute Gasteiger partial charge is 0.263 e. The molecule has 0 unspecified atom stereocenters. The Hall–Kier alpha value is -0.940. The average Bonchev–Trinajstić information content (AvgIpc) is 2.71. The molecule has 0 fully saturated rings. The molecule has 20 heavy (non-hydrogen) atoms. The maximum Gasteiger partial charge on any atom is 0.263 e. The lowest BCUT2D eigenvalue weighted by molar-refractivity contribution is 0.500. The van der Waals surface area contributed by atoms with Crippen LogP contribution < -0.4 is 5.56 Å². The Kier molecular flexibility index (Phi) is 3.58. The average molecular weight is 308 g/mol. The molecule has 2 aromatic rings. The minimum atomic E-state index is 0.101. The first-order valence-corrected chi connectivity index (χ1v) is 8.47. The molecule has 0 spiro atoms. The quantitative estimate of drug-likeness (QED) is 0.854. The van der Waals surface area contributed by atoms with Crippen LogP contribution in [0.25, 0.3) is 10.2 Å². The number of hydrogen-bond acceptors (Lipinski definition) is 3. The number of hydrogen-bond donors (Lipinski definition) is 1. The van der Waals surface area contributed by atoms with Gasteiger partial charge in [-0.3, -0.25) is 9.36 Å². The Bertz CT molecular complexity index is 766. The Morgan fingerprint density at radius 1 is 1.50 bits per heavy atom. The molecule has 1 aliphatic rings. The van der Waals surface area contributed by atoms with E-state index < -0.39 is 0 Å².